The predicted molar refractivity (Wildman–Crippen MR) is 130 cm³/mol. The van der Waals surface area contributed by atoms with E-state index in [1.54, 1.807) is 0 Å². The number of benzene rings is 5. The standard InChI is InChI=1S/C29H20N2O/c1-19-7-6-10-24(17-19)29-31-30-28(32-29)21-15-13-20(14-16-21)27-25-11-4-2-8-22(25)18-23-9-3-5-12-26(23)27/h2-18H,1H3. The molecule has 32 heavy (non-hydrogen) atoms. The topological polar surface area (TPSA) is 38.9 Å². The minimum Gasteiger partial charge on any atom is -0.416 e. The Morgan fingerprint density at radius 1 is 0.531 bits per heavy atom. The average Bonchev–Trinajstić information content (AvgIpc) is 3.33. The van der Waals surface area contributed by atoms with Gasteiger partial charge in [0, 0.05) is 11.1 Å². The predicted octanol–water partition coefficient (Wildman–Crippen LogP) is 7.69. The summed E-state index contributed by atoms with van der Waals surface area (Å²) < 4.78 is 5.97. The molecule has 0 saturated carbocycles. The number of nitrogens with zero attached hydrogens (tertiary/aromatic N) is 2. The molecule has 0 amide bonds. The summed E-state index contributed by atoms with van der Waals surface area (Å²) in [5.74, 6) is 1.06. The van der Waals surface area contributed by atoms with Crippen LogP contribution in [0.4, 0.5) is 0 Å². The zero-order valence-electron chi connectivity index (χ0n) is 17.6. The van der Waals surface area contributed by atoms with E-state index in [-0.39, 0.29) is 0 Å². The van der Waals surface area contributed by atoms with Gasteiger partial charge in [-0.3, -0.25) is 0 Å². The number of hydrogen-bond acceptors (Lipinski definition) is 3. The van der Waals surface area contributed by atoms with E-state index in [1.165, 1.54) is 32.7 Å². The van der Waals surface area contributed by atoms with Crippen molar-refractivity contribution in [1.82, 2.24) is 10.2 Å². The second kappa shape index (κ2) is 7.47. The van der Waals surface area contributed by atoms with Gasteiger partial charge in [-0.1, -0.05) is 78.4 Å². The van der Waals surface area contributed by atoms with Crippen molar-refractivity contribution < 1.29 is 4.42 Å². The largest absolute Gasteiger partial charge is 0.416 e. The van der Waals surface area contributed by atoms with E-state index in [9.17, 15) is 0 Å². The molecular weight excluding hydrogens is 392 g/mol. The quantitative estimate of drug-likeness (QED) is 0.280. The molecule has 6 rings (SSSR count). The Kier molecular flexibility index (Phi) is 4.32. The summed E-state index contributed by atoms with van der Waals surface area (Å²) in [6.07, 6.45) is 0. The number of fused-ring (bicyclic) bond motifs is 2. The molecule has 0 unspecified atom stereocenters. The van der Waals surface area contributed by atoms with E-state index in [2.05, 4.69) is 102 Å². The third-order valence-corrected chi connectivity index (χ3v) is 5.88. The van der Waals surface area contributed by atoms with Gasteiger partial charge in [-0.25, -0.2) is 0 Å². The van der Waals surface area contributed by atoms with Gasteiger partial charge in [-0.15, -0.1) is 10.2 Å². The zero-order valence-corrected chi connectivity index (χ0v) is 17.6. The zero-order chi connectivity index (χ0) is 21.5. The summed E-state index contributed by atoms with van der Waals surface area (Å²) in [6, 6.07) is 35.8. The summed E-state index contributed by atoms with van der Waals surface area (Å²) in [6.45, 7) is 2.05. The van der Waals surface area contributed by atoms with Crippen LogP contribution in [0.15, 0.2) is 108 Å². The van der Waals surface area contributed by atoms with Crippen LogP contribution in [0.1, 0.15) is 5.56 Å². The van der Waals surface area contributed by atoms with Crippen LogP contribution in [0.3, 0.4) is 0 Å². The van der Waals surface area contributed by atoms with E-state index >= 15 is 0 Å². The van der Waals surface area contributed by atoms with Crippen LogP contribution in [0.25, 0.3) is 55.6 Å². The Morgan fingerprint density at radius 2 is 1.12 bits per heavy atom. The fraction of sp³-hybridized carbons (Fsp3) is 0.0345. The van der Waals surface area contributed by atoms with Crippen molar-refractivity contribution in [3.05, 3.63) is 109 Å². The smallest absolute Gasteiger partial charge is 0.248 e. The van der Waals surface area contributed by atoms with Crippen LogP contribution >= 0.6 is 0 Å². The van der Waals surface area contributed by atoms with E-state index in [0.29, 0.717) is 11.8 Å². The van der Waals surface area contributed by atoms with Gasteiger partial charge in [-0.2, -0.15) is 0 Å². The van der Waals surface area contributed by atoms with Crippen LogP contribution < -0.4 is 0 Å². The molecule has 3 nitrogen and oxygen atoms in total. The minimum absolute atomic E-state index is 0.524. The molecule has 0 atom stereocenters. The van der Waals surface area contributed by atoms with Gasteiger partial charge in [0.2, 0.25) is 11.8 Å². The SMILES string of the molecule is Cc1cccc(-c2nnc(-c3ccc(-c4c5ccccc5cc5ccccc45)cc3)o2)c1. The van der Waals surface area contributed by atoms with Gasteiger partial charge in [-0.05, 0) is 69.9 Å². The van der Waals surface area contributed by atoms with Gasteiger partial charge >= 0.3 is 0 Å². The Labute approximate surface area is 186 Å². The molecule has 0 aliphatic rings. The lowest BCUT2D eigenvalue weighted by Gasteiger charge is -2.12. The maximum atomic E-state index is 5.97. The normalized spacial score (nSPS) is 11.3. The maximum Gasteiger partial charge on any atom is 0.248 e. The van der Waals surface area contributed by atoms with Crippen LogP contribution in [-0.4, -0.2) is 10.2 Å². The first kappa shape index (κ1) is 18.5. The number of rotatable bonds is 3. The third-order valence-electron chi connectivity index (χ3n) is 5.88. The number of aromatic nitrogens is 2. The molecule has 5 aromatic carbocycles. The van der Waals surface area contributed by atoms with E-state index in [4.69, 9.17) is 4.42 Å². The molecule has 152 valence electrons. The molecule has 0 fully saturated rings. The second-order valence-corrected chi connectivity index (χ2v) is 8.05. The molecule has 1 aromatic heterocycles. The van der Waals surface area contributed by atoms with Gasteiger partial charge in [0.15, 0.2) is 0 Å². The second-order valence-electron chi connectivity index (χ2n) is 8.05. The molecule has 3 heteroatoms. The molecule has 0 aliphatic heterocycles. The Bertz CT molecular complexity index is 1520. The van der Waals surface area contributed by atoms with E-state index in [0.717, 1.165) is 16.7 Å². The highest BCUT2D eigenvalue weighted by Crippen LogP contribution is 2.37. The lowest BCUT2D eigenvalue weighted by atomic mass is 9.92. The average molecular weight is 412 g/mol. The van der Waals surface area contributed by atoms with Crippen molar-refractivity contribution in [3.63, 3.8) is 0 Å². The third kappa shape index (κ3) is 3.15. The van der Waals surface area contributed by atoms with Gasteiger partial charge in [0.25, 0.3) is 0 Å². The lowest BCUT2D eigenvalue weighted by molar-refractivity contribution is 0.584. The van der Waals surface area contributed by atoms with Crippen molar-refractivity contribution in [2.75, 3.05) is 0 Å². The summed E-state index contributed by atoms with van der Waals surface area (Å²) in [5.41, 5.74) is 5.41. The first-order valence-electron chi connectivity index (χ1n) is 10.7. The molecule has 0 radical (unpaired) electrons. The highest BCUT2D eigenvalue weighted by molar-refractivity contribution is 6.12. The van der Waals surface area contributed by atoms with Crippen molar-refractivity contribution in [2.45, 2.75) is 6.92 Å². The summed E-state index contributed by atoms with van der Waals surface area (Å²) in [7, 11) is 0. The number of aryl methyl sites for hydroxylation is 1. The van der Waals surface area contributed by atoms with Crippen molar-refractivity contribution in [2.24, 2.45) is 0 Å². The van der Waals surface area contributed by atoms with Crippen molar-refractivity contribution in [3.8, 4) is 34.0 Å². The molecule has 0 aliphatic carbocycles. The van der Waals surface area contributed by atoms with Gasteiger partial charge in [0.1, 0.15) is 0 Å². The summed E-state index contributed by atoms with van der Waals surface area (Å²) in [5, 5.41) is 13.5. The first-order chi connectivity index (χ1) is 15.8. The van der Waals surface area contributed by atoms with Crippen LogP contribution in [-0.2, 0) is 0 Å². The van der Waals surface area contributed by atoms with Crippen molar-refractivity contribution in [1.29, 1.82) is 0 Å². The fourth-order valence-corrected chi connectivity index (χ4v) is 4.34. The monoisotopic (exact) mass is 412 g/mol. The first-order valence-corrected chi connectivity index (χ1v) is 10.7. The summed E-state index contributed by atoms with van der Waals surface area (Å²) >= 11 is 0. The molecule has 0 saturated heterocycles. The molecule has 0 spiro atoms. The maximum absolute atomic E-state index is 5.97. The van der Waals surface area contributed by atoms with Crippen LogP contribution in [0.2, 0.25) is 0 Å². The minimum atomic E-state index is 0.524. The van der Waals surface area contributed by atoms with E-state index < -0.39 is 0 Å². The molecule has 6 aromatic rings. The van der Waals surface area contributed by atoms with E-state index in [1.807, 2.05) is 18.2 Å². The van der Waals surface area contributed by atoms with Crippen molar-refractivity contribution >= 4 is 21.5 Å². The Hall–Kier alpha value is -4.24. The Balaban J connectivity index is 1.44. The highest BCUT2D eigenvalue weighted by Gasteiger charge is 2.13. The highest BCUT2D eigenvalue weighted by atomic mass is 16.4. The van der Waals surface area contributed by atoms with Gasteiger partial charge in [0.05, 0.1) is 0 Å². The molecule has 0 bridgehead atoms. The molecule has 0 N–H and O–H groups in total. The number of hydrogen-bond donors (Lipinski definition) is 0. The summed E-state index contributed by atoms with van der Waals surface area (Å²) in [4.78, 5) is 0. The molecule has 1 heterocycles. The van der Waals surface area contributed by atoms with Gasteiger partial charge < -0.3 is 4.42 Å². The molecular formula is C29H20N2O. The van der Waals surface area contributed by atoms with Crippen LogP contribution in [0.5, 0.6) is 0 Å². The van der Waals surface area contributed by atoms with Crippen LogP contribution in [0, 0.1) is 6.92 Å². The fourth-order valence-electron chi connectivity index (χ4n) is 4.34. The lowest BCUT2D eigenvalue weighted by Crippen LogP contribution is -1.86. The Morgan fingerprint density at radius 3 is 1.78 bits per heavy atom.